The molecule has 0 bridgehead atoms. The first-order chi connectivity index (χ1) is 7.07. The zero-order valence-corrected chi connectivity index (χ0v) is 11.8. The molecular weight excluding hydrogens is 246 g/mol. The Kier molecular flexibility index (Phi) is 5.38. The van der Waals surface area contributed by atoms with Gasteiger partial charge in [-0.1, -0.05) is 48.7 Å². The van der Waals surface area contributed by atoms with Gasteiger partial charge in [0.25, 0.3) is 0 Å². The summed E-state index contributed by atoms with van der Waals surface area (Å²) in [5.74, 6) is 1.06. The Hall–Kier alpha value is 0.220. The lowest BCUT2D eigenvalue weighted by molar-refractivity contribution is 0.368. The van der Waals surface area contributed by atoms with E-state index in [9.17, 15) is 0 Å². The maximum Gasteiger partial charge on any atom is 0.175 e. The molecular formula is C9H17N3S3. The third-order valence-corrected chi connectivity index (χ3v) is 5.15. The highest BCUT2D eigenvalue weighted by Gasteiger charge is 2.15. The lowest BCUT2D eigenvalue weighted by Gasteiger charge is -2.21. The van der Waals surface area contributed by atoms with Gasteiger partial charge in [0, 0.05) is 5.75 Å². The average Bonchev–Trinajstić information content (AvgIpc) is 2.66. The van der Waals surface area contributed by atoms with Gasteiger partial charge in [-0.25, -0.2) is 0 Å². The second-order valence-corrected chi connectivity index (χ2v) is 7.38. The molecule has 1 aromatic rings. The summed E-state index contributed by atoms with van der Waals surface area (Å²) in [5, 5.41) is 8.17. The summed E-state index contributed by atoms with van der Waals surface area (Å²) < 4.78 is 2.10. The fraction of sp³-hybridized carbons (Fsp3) is 0.778. The topological polar surface area (TPSA) is 51.8 Å². The molecule has 0 unspecified atom stereocenters. The van der Waals surface area contributed by atoms with E-state index < -0.39 is 0 Å². The van der Waals surface area contributed by atoms with Crippen LogP contribution >= 0.6 is 34.9 Å². The minimum atomic E-state index is 0.236. The molecule has 0 saturated carbocycles. The van der Waals surface area contributed by atoms with Crippen molar-refractivity contribution in [3.8, 4) is 0 Å². The summed E-state index contributed by atoms with van der Waals surface area (Å²) in [4.78, 5) is 0. The first kappa shape index (κ1) is 13.3. The monoisotopic (exact) mass is 263 g/mol. The van der Waals surface area contributed by atoms with E-state index in [2.05, 4.69) is 24.0 Å². The Balaban J connectivity index is 2.31. The summed E-state index contributed by atoms with van der Waals surface area (Å²) in [6, 6.07) is 0. The maximum absolute atomic E-state index is 5.67. The summed E-state index contributed by atoms with van der Waals surface area (Å²) in [6.07, 6.45) is 3.13. The van der Waals surface area contributed by atoms with Crippen LogP contribution in [-0.4, -0.2) is 28.8 Å². The number of thioether (sulfide) groups is 2. The van der Waals surface area contributed by atoms with Gasteiger partial charge in [0.15, 0.2) is 8.68 Å². The third kappa shape index (κ3) is 4.72. The second-order valence-electron chi connectivity index (χ2n) is 4.00. The van der Waals surface area contributed by atoms with Gasteiger partial charge in [-0.15, -0.1) is 10.2 Å². The van der Waals surface area contributed by atoms with Crippen molar-refractivity contribution in [2.24, 2.45) is 11.1 Å². The van der Waals surface area contributed by atoms with Gasteiger partial charge >= 0.3 is 0 Å². The number of nitrogens with zero attached hydrogens (tertiary/aromatic N) is 2. The number of nitrogens with two attached hydrogens (primary N) is 1. The van der Waals surface area contributed by atoms with E-state index in [0.29, 0.717) is 0 Å². The van der Waals surface area contributed by atoms with Crippen LogP contribution in [0.2, 0.25) is 0 Å². The van der Waals surface area contributed by atoms with Crippen molar-refractivity contribution in [1.82, 2.24) is 10.2 Å². The van der Waals surface area contributed by atoms with Crippen molar-refractivity contribution in [2.45, 2.75) is 28.9 Å². The van der Waals surface area contributed by atoms with Gasteiger partial charge in [-0.2, -0.15) is 0 Å². The van der Waals surface area contributed by atoms with Crippen LogP contribution in [0, 0.1) is 5.41 Å². The molecule has 6 heteroatoms. The molecule has 1 rings (SSSR count). The zero-order chi connectivity index (χ0) is 11.3. The smallest absolute Gasteiger partial charge is 0.175 e. The van der Waals surface area contributed by atoms with E-state index in [1.807, 2.05) is 6.26 Å². The maximum atomic E-state index is 5.67. The van der Waals surface area contributed by atoms with Crippen LogP contribution in [0.15, 0.2) is 8.68 Å². The number of rotatable bonds is 6. The molecule has 3 nitrogen and oxygen atoms in total. The van der Waals surface area contributed by atoms with Crippen LogP contribution in [0.4, 0.5) is 0 Å². The molecule has 0 saturated heterocycles. The van der Waals surface area contributed by atoms with Crippen molar-refractivity contribution in [1.29, 1.82) is 0 Å². The molecule has 0 atom stereocenters. The minimum absolute atomic E-state index is 0.236. The number of hydrogen-bond donors (Lipinski definition) is 1. The summed E-state index contributed by atoms with van der Waals surface area (Å²) >= 11 is 5.08. The van der Waals surface area contributed by atoms with Crippen LogP contribution in [0.1, 0.15) is 20.3 Å². The predicted molar refractivity (Wildman–Crippen MR) is 69.9 cm³/mol. The van der Waals surface area contributed by atoms with Crippen molar-refractivity contribution < 1.29 is 0 Å². The standard InChI is InChI=1S/C9H17N3S3/c1-9(2,6-10)4-5-14-8-12-11-7(13-3)15-8/h4-6,10H2,1-3H3. The highest BCUT2D eigenvalue weighted by molar-refractivity contribution is 8.02. The van der Waals surface area contributed by atoms with E-state index in [0.717, 1.165) is 27.4 Å². The Labute approximate surface area is 104 Å². The van der Waals surface area contributed by atoms with Crippen LogP contribution in [0.25, 0.3) is 0 Å². The predicted octanol–water partition coefficient (Wildman–Crippen LogP) is 2.73. The Bertz CT molecular complexity index is 299. The van der Waals surface area contributed by atoms with Crippen molar-refractivity contribution in [3.05, 3.63) is 0 Å². The molecule has 0 radical (unpaired) electrons. The molecule has 1 aromatic heterocycles. The minimum Gasteiger partial charge on any atom is -0.330 e. The van der Waals surface area contributed by atoms with Gasteiger partial charge < -0.3 is 5.73 Å². The molecule has 15 heavy (non-hydrogen) atoms. The normalized spacial score (nSPS) is 12.0. The highest BCUT2D eigenvalue weighted by Crippen LogP contribution is 2.30. The Morgan fingerprint density at radius 1 is 1.33 bits per heavy atom. The fourth-order valence-electron chi connectivity index (χ4n) is 0.855. The highest BCUT2D eigenvalue weighted by atomic mass is 32.2. The zero-order valence-electron chi connectivity index (χ0n) is 9.32. The largest absolute Gasteiger partial charge is 0.330 e. The number of aromatic nitrogens is 2. The third-order valence-electron chi connectivity index (χ3n) is 2.12. The van der Waals surface area contributed by atoms with Crippen molar-refractivity contribution >= 4 is 34.9 Å². The lowest BCUT2D eigenvalue weighted by Crippen LogP contribution is -2.23. The van der Waals surface area contributed by atoms with E-state index in [-0.39, 0.29) is 5.41 Å². The quantitative estimate of drug-likeness (QED) is 0.800. The molecule has 0 amide bonds. The van der Waals surface area contributed by atoms with Gasteiger partial charge in [-0.3, -0.25) is 0 Å². The average molecular weight is 263 g/mol. The van der Waals surface area contributed by atoms with E-state index in [1.54, 1.807) is 34.9 Å². The summed E-state index contributed by atoms with van der Waals surface area (Å²) in [7, 11) is 0. The first-order valence-electron chi connectivity index (χ1n) is 4.78. The molecule has 0 spiro atoms. The molecule has 0 fully saturated rings. The Morgan fingerprint density at radius 3 is 2.53 bits per heavy atom. The van der Waals surface area contributed by atoms with Gasteiger partial charge in [-0.05, 0) is 24.6 Å². The number of hydrogen-bond acceptors (Lipinski definition) is 6. The Morgan fingerprint density at radius 2 is 2.00 bits per heavy atom. The second kappa shape index (κ2) is 6.08. The fourth-order valence-corrected chi connectivity index (χ4v) is 3.67. The molecule has 2 N–H and O–H groups in total. The molecule has 0 aromatic carbocycles. The van der Waals surface area contributed by atoms with E-state index in [4.69, 9.17) is 5.73 Å². The molecule has 0 aliphatic rings. The molecule has 0 aliphatic heterocycles. The van der Waals surface area contributed by atoms with Gasteiger partial charge in [0.05, 0.1) is 0 Å². The summed E-state index contributed by atoms with van der Waals surface area (Å²) in [6.45, 7) is 5.13. The van der Waals surface area contributed by atoms with Crippen LogP contribution in [-0.2, 0) is 0 Å². The van der Waals surface area contributed by atoms with Crippen LogP contribution in [0.5, 0.6) is 0 Å². The van der Waals surface area contributed by atoms with Crippen molar-refractivity contribution in [3.63, 3.8) is 0 Å². The first-order valence-corrected chi connectivity index (χ1v) is 7.80. The lowest BCUT2D eigenvalue weighted by atomic mass is 9.91. The van der Waals surface area contributed by atoms with Crippen molar-refractivity contribution in [2.75, 3.05) is 18.6 Å². The van der Waals surface area contributed by atoms with Crippen LogP contribution in [0.3, 0.4) is 0 Å². The van der Waals surface area contributed by atoms with Crippen LogP contribution < -0.4 is 5.73 Å². The van der Waals surface area contributed by atoms with E-state index >= 15 is 0 Å². The molecule has 86 valence electrons. The summed E-state index contributed by atoms with van der Waals surface area (Å²) in [5.41, 5.74) is 5.91. The van der Waals surface area contributed by atoms with Gasteiger partial charge in [0.2, 0.25) is 0 Å². The van der Waals surface area contributed by atoms with E-state index in [1.165, 1.54) is 0 Å². The van der Waals surface area contributed by atoms with Gasteiger partial charge in [0.1, 0.15) is 0 Å². The SMILES string of the molecule is CSc1nnc(SCCC(C)(C)CN)s1. The molecule has 1 heterocycles. The molecule has 0 aliphatic carbocycles.